The van der Waals surface area contributed by atoms with Crippen LogP contribution < -0.4 is 0 Å². The summed E-state index contributed by atoms with van der Waals surface area (Å²) in [4.78, 5) is 0. The van der Waals surface area contributed by atoms with E-state index < -0.39 is 9.05 Å². The number of benzene rings is 1. The summed E-state index contributed by atoms with van der Waals surface area (Å²) < 4.78 is 32.4. The number of aryl methyl sites for hydroxylation is 1. The van der Waals surface area contributed by atoms with E-state index in [0.717, 1.165) is 19.3 Å². The van der Waals surface area contributed by atoms with Crippen LogP contribution in [-0.4, -0.2) is 34.0 Å². The van der Waals surface area contributed by atoms with Crippen molar-refractivity contribution < 1.29 is 17.9 Å². The summed E-state index contributed by atoms with van der Waals surface area (Å²) in [7, 11) is 1.62. The minimum absolute atomic E-state index is 0.108. The molecule has 0 spiro atoms. The van der Waals surface area contributed by atoms with Crippen molar-refractivity contribution >= 4 is 19.7 Å². The molecule has 6 heteroatoms. The predicted molar refractivity (Wildman–Crippen MR) is 78.5 cm³/mol. The SMILES string of the molecule is O=S(=O)(Cl)CCOCCOC1CCCc2ccccc21. The molecule has 0 N–H and O–H groups in total. The molecule has 1 atom stereocenters. The lowest BCUT2D eigenvalue weighted by molar-refractivity contribution is -0.000434. The highest BCUT2D eigenvalue weighted by Crippen LogP contribution is 2.31. The van der Waals surface area contributed by atoms with E-state index >= 15 is 0 Å². The molecular formula is C14H19ClO4S. The van der Waals surface area contributed by atoms with E-state index in [1.165, 1.54) is 11.1 Å². The van der Waals surface area contributed by atoms with Gasteiger partial charge in [-0.05, 0) is 30.4 Å². The van der Waals surface area contributed by atoms with Gasteiger partial charge in [0.15, 0.2) is 0 Å². The summed E-state index contributed by atoms with van der Waals surface area (Å²) in [6.07, 6.45) is 3.39. The van der Waals surface area contributed by atoms with Crippen LogP contribution in [0.15, 0.2) is 24.3 Å². The highest BCUT2D eigenvalue weighted by molar-refractivity contribution is 8.13. The molecule has 112 valence electrons. The van der Waals surface area contributed by atoms with E-state index in [-0.39, 0.29) is 18.5 Å². The Morgan fingerprint density at radius 2 is 2.00 bits per heavy atom. The van der Waals surface area contributed by atoms with Gasteiger partial charge in [0.25, 0.3) is 0 Å². The van der Waals surface area contributed by atoms with Crippen LogP contribution in [-0.2, 0) is 24.9 Å². The maximum atomic E-state index is 10.7. The third-order valence-electron chi connectivity index (χ3n) is 3.33. The molecule has 0 radical (unpaired) electrons. The number of ether oxygens (including phenoxy) is 2. The number of hydrogen-bond acceptors (Lipinski definition) is 4. The molecule has 0 saturated carbocycles. The van der Waals surface area contributed by atoms with Crippen LogP contribution in [0.5, 0.6) is 0 Å². The fourth-order valence-corrected chi connectivity index (χ4v) is 2.90. The summed E-state index contributed by atoms with van der Waals surface area (Å²) in [5, 5.41) is 0. The van der Waals surface area contributed by atoms with Crippen LogP contribution in [0.1, 0.15) is 30.1 Å². The quantitative estimate of drug-likeness (QED) is 0.573. The highest BCUT2D eigenvalue weighted by Gasteiger charge is 2.19. The third kappa shape index (κ3) is 5.05. The van der Waals surface area contributed by atoms with Crippen LogP contribution in [0.4, 0.5) is 0 Å². The summed E-state index contributed by atoms with van der Waals surface area (Å²) in [5.41, 5.74) is 2.62. The summed E-state index contributed by atoms with van der Waals surface area (Å²) in [6.45, 7) is 0.947. The second-order valence-corrected chi connectivity index (χ2v) is 7.70. The topological polar surface area (TPSA) is 52.6 Å². The van der Waals surface area contributed by atoms with E-state index in [0.29, 0.717) is 13.2 Å². The van der Waals surface area contributed by atoms with Gasteiger partial charge in [-0.25, -0.2) is 8.42 Å². The lowest BCUT2D eigenvalue weighted by atomic mass is 9.89. The van der Waals surface area contributed by atoms with E-state index in [1.807, 2.05) is 6.07 Å². The largest absolute Gasteiger partial charge is 0.378 e. The molecule has 1 aliphatic rings. The summed E-state index contributed by atoms with van der Waals surface area (Å²) >= 11 is 0. The maximum Gasteiger partial charge on any atom is 0.234 e. The molecule has 0 fully saturated rings. The molecular weight excluding hydrogens is 300 g/mol. The van der Waals surface area contributed by atoms with Gasteiger partial charge in [-0.2, -0.15) is 0 Å². The normalized spacial score (nSPS) is 18.8. The Balaban J connectivity index is 1.70. The first-order valence-corrected chi connectivity index (χ1v) is 9.23. The molecule has 2 rings (SSSR count). The van der Waals surface area contributed by atoms with Gasteiger partial charge in [0, 0.05) is 10.7 Å². The Morgan fingerprint density at radius 3 is 2.80 bits per heavy atom. The Morgan fingerprint density at radius 1 is 1.20 bits per heavy atom. The van der Waals surface area contributed by atoms with Crippen LogP contribution in [0, 0.1) is 0 Å². The number of hydrogen-bond donors (Lipinski definition) is 0. The van der Waals surface area contributed by atoms with E-state index in [2.05, 4.69) is 18.2 Å². The first-order valence-electron chi connectivity index (χ1n) is 6.76. The van der Waals surface area contributed by atoms with E-state index in [9.17, 15) is 8.42 Å². The fraction of sp³-hybridized carbons (Fsp3) is 0.571. The van der Waals surface area contributed by atoms with Gasteiger partial charge in [-0.3, -0.25) is 0 Å². The van der Waals surface area contributed by atoms with Gasteiger partial charge in [-0.1, -0.05) is 24.3 Å². The first kappa shape index (κ1) is 15.8. The Labute approximate surface area is 124 Å². The highest BCUT2D eigenvalue weighted by atomic mass is 35.7. The third-order valence-corrected chi connectivity index (χ3v) is 4.45. The molecule has 0 aliphatic heterocycles. The zero-order valence-corrected chi connectivity index (χ0v) is 12.8. The number of fused-ring (bicyclic) bond motifs is 1. The lowest BCUT2D eigenvalue weighted by Gasteiger charge is -2.25. The van der Waals surface area contributed by atoms with E-state index in [1.54, 1.807) is 0 Å². The molecule has 0 bridgehead atoms. The minimum Gasteiger partial charge on any atom is -0.378 e. The van der Waals surface area contributed by atoms with Gasteiger partial charge in [0.05, 0.1) is 31.7 Å². The van der Waals surface area contributed by atoms with Crippen molar-refractivity contribution in [3.63, 3.8) is 0 Å². The van der Waals surface area contributed by atoms with Crippen molar-refractivity contribution in [2.75, 3.05) is 25.6 Å². The standard InChI is InChI=1S/C14H19ClO4S/c15-20(16,17)11-10-18-8-9-19-14-7-3-5-12-4-1-2-6-13(12)14/h1-2,4,6,14H,3,5,7-11H2. The van der Waals surface area contributed by atoms with Gasteiger partial charge in [-0.15, -0.1) is 0 Å². The van der Waals surface area contributed by atoms with Crippen LogP contribution >= 0.6 is 10.7 Å². The fourth-order valence-electron chi connectivity index (χ4n) is 2.39. The molecule has 20 heavy (non-hydrogen) atoms. The Bertz CT molecular complexity index is 530. The lowest BCUT2D eigenvalue weighted by Crippen LogP contribution is -2.16. The van der Waals surface area contributed by atoms with E-state index in [4.69, 9.17) is 20.2 Å². The molecule has 1 aromatic carbocycles. The van der Waals surface area contributed by atoms with Crippen molar-refractivity contribution in [1.82, 2.24) is 0 Å². The van der Waals surface area contributed by atoms with Gasteiger partial charge in [0.1, 0.15) is 0 Å². The zero-order chi connectivity index (χ0) is 14.4. The van der Waals surface area contributed by atoms with Crippen molar-refractivity contribution in [2.45, 2.75) is 25.4 Å². The summed E-state index contributed by atoms with van der Waals surface area (Å²) in [5.74, 6) is -0.166. The zero-order valence-electron chi connectivity index (χ0n) is 11.3. The average Bonchev–Trinajstić information content (AvgIpc) is 2.41. The average molecular weight is 319 g/mol. The Kier molecular flexibility index (Phi) is 5.84. The maximum absolute atomic E-state index is 10.7. The molecule has 0 amide bonds. The van der Waals surface area contributed by atoms with Crippen LogP contribution in [0.3, 0.4) is 0 Å². The first-order chi connectivity index (χ1) is 9.56. The van der Waals surface area contributed by atoms with Crippen LogP contribution in [0.2, 0.25) is 0 Å². The molecule has 1 aromatic rings. The second-order valence-electron chi connectivity index (χ2n) is 4.81. The van der Waals surface area contributed by atoms with Crippen molar-refractivity contribution in [2.24, 2.45) is 0 Å². The Hall–Kier alpha value is -0.620. The summed E-state index contributed by atoms with van der Waals surface area (Å²) in [6, 6.07) is 8.34. The monoisotopic (exact) mass is 318 g/mol. The molecule has 1 aliphatic carbocycles. The van der Waals surface area contributed by atoms with Crippen LogP contribution in [0.25, 0.3) is 0 Å². The molecule has 4 nitrogen and oxygen atoms in total. The molecule has 1 unspecified atom stereocenters. The van der Waals surface area contributed by atoms with Crippen molar-refractivity contribution in [3.8, 4) is 0 Å². The van der Waals surface area contributed by atoms with Crippen molar-refractivity contribution in [3.05, 3.63) is 35.4 Å². The van der Waals surface area contributed by atoms with Gasteiger partial charge < -0.3 is 9.47 Å². The minimum atomic E-state index is -3.47. The number of rotatable bonds is 7. The van der Waals surface area contributed by atoms with Gasteiger partial charge >= 0.3 is 0 Å². The smallest absolute Gasteiger partial charge is 0.234 e. The predicted octanol–water partition coefficient (Wildman–Crippen LogP) is 2.67. The number of halogens is 1. The second kappa shape index (κ2) is 7.41. The van der Waals surface area contributed by atoms with Crippen molar-refractivity contribution in [1.29, 1.82) is 0 Å². The van der Waals surface area contributed by atoms with Gasteiger partial charge in [0.2, 0.25) is 9.05 Å². The molecule has 0 saturated heterocycles. The molecule has 0 aromatic heterocycles. The molecule has 0 heterocycles.